The van der Waals surface area contributed by atoms with Crippen LogP contribution in [0.4, 0.5) is 8.68 Å². The predicted molar refractivity (Wildman–Crippen MR) is 130 cm³/mol. The molecule has 0 bridgehead atoms. The van der Waals surface area contributed by atoms with Crippen LogP contribution in [0.25, 0.3) is 0 Å². The highest BCUT2D eigenvalue weighted by Crippen LogP contribution is 2.43. The Hall–Kier alpha value is -2.65. The number of ether oxygens (including phenoxy) is 1. The molecule has 3 aromatic rings. The fourth-order valence-electron chi connectivity index (χ4n) is 4.24. The Morgan fingerprint density at radius 2 is 2.03 bits per heavy atom. The Morgan fingerprint density at radius 3 is 2.76 bits per heavy atom. The Balaban J connectivity index is 1.70. The van der Waals surface area contributed by atoms with Crippen molar-refractivity contribution in [2.24, 2.45) is 0 Å². The third-order valence-corrected chi connectivity index (χ3v) is 6.42. The molecule has 0 aliphatic carbocycles. The average Bonchev–Trinajstić information content (AvgIpc) is 3.25. The minimum atomic E-state index is -0.657. The first-order valence-corrected chi connectivity index (χ1v) is 12.2. The first-order valence-electron chi connectivity index (χ1n) is 11.1. The zero-order valence-electron chi connectivity index (χ0n) is 19.3. The van der Waals surface area contributed by atoms with E-state index in [-0.39, 0.29) is 24.4 Å². The van der Waals surface area contributed by atoms with E-state index in [1.807, 2.05) is 39.0 Å². The highest BCUT2D eigenvalue weighted by molar-refractivity contribution is 7.92. The first-order chi connectivity index (χ1) is 16.3. The first kappa shape index (κ1) is 24.5. The van der Waals surface area contributed by atoms with Crippen molar-refractivity contribution in [1.82, 2.24) is 23.8 Å². The van der Waals surface area contributed by atoms with E-state index in [0.717, 1.165) is 30.7 Å². The summed E-state index contributed by atoms with van der Waals surface area (Å²) in [6, 6.07) is 8.61. The van der Waals surface area contributed by atoms with E-state index in [9.17, 15) is 8.68 Å². The average molecular weight is 504 g/mol. The van der Waals surface area contributed by atoms with Gasteiger partial charge in [-0.05, 0) is 64.3 Å². The number of piperidine rings is 1. The quantitative estimate of drug-likeness (QED) is 0.395. The lowest BCUT2D eigenvalue weighted by Crippen LogP contribution is -2.44. The van der Waals surface area contributed by atoms with Gasteiger partial charge in [-0.25, -0.2) is 13.8 Å². The van der Waals surface area contributed by atoms with Gasteiger partial charge in [0.1, 0.15) is 11.9 Å². The van der Waals surface area contributed by atoms with E-state index in [1.165, 1.54) is 10.3 Å². The van der Waals surface area contributed by atoms with Crippen LogP contribution in [0.3, 0.4) is 0 Å². The van der Waals surface area contributed by atoms with Crippen molar-refractivity contribution in [3.8, 4) is 0 Å². The molecule has 10 heteroatoms. The molecule has 180 valence electrons. The summed E-state index contributed by atoms with van der Waals surface area (Å²) >= 11 is 6.59. The van der Waals surface area contributed by atoms with Crippen LogP contribution >= 0.6 is 23.9 Å². The fourth-order valence-corrected chi connectivity index (χ4v) is 4.77. The van der Waals surface area contributed by atoms with Crippen LogP contribution in [0.5, 0.6) is 0 Å². The number of carbonyl (C=O) groups is 1. The molecule has 1 fully saturated rings. The van der Waals surface area contributed by atoms with Gasteiger partial charge < -0.3 is 4.74 Å². The van der Waals surface area contributed by atoms with Crippen molar-refractivity contribution in [3.63, 3.8) is 0 Å². The van der Waals surface area contributed by atoms with Gasteiger partial charge in [0.05, 0.1) is 34.2 Å². The maximum atomic E-state index is 13.5. The second-order valence-electron chi connectivity index (χ2n) is 9.23. The molecule has 0 radical (unpaired) electrons. The largest absolute Gasteiger partial charge is 0.444 e. The lowest BCUT2D eigenvalue weighted by atomic mass is 9.91. The monoisotopic (exact) mass is 503 g/mol. The number of imidazole rings is 1. The van der Waals surface area contributed by atoms with E-state index in [0.29, 0.717) is 22.8 Å². The number of amides is 1. The standard InChI is InChI=1S/C24H27ClFN5O2S/c1-24(2,3)33-23(32)31-20(10-5-11-21(31)22-18(25)8-6-12-28-22)19-9-4-7-16(29-19)13-17-14-27-15-30(17)34-26/h4,6-9,12,14-15,20-21H,5,10-11,13H2,1-3H3. The van der Waals surface area contributed by atoms with Crippen molar-refractivity contribution >= 4 is 30.0 Å². The summed E-state index contributed by atoms with van der Waals surface area (Å²) in [6.07, 6.45) is 7.04. The SMILES string of the molecule is CC(C)(C)OC(=O)N1C(c2cccc(Cc3cncn3SF)n2)CCCC1c1ncccc1Cl. The molecule has 2 unspecified atom stereocenters. The number of nitrogens with zero attached hydrogens (tertiary/aromatic N) is 5. The summed E-state index contributed by atoms with van der Waals surface area (Å²) in [5.41, 5.74) is 2.20. The van der Waals surface area contributed by atoms with E-state index in [4.69, 9.17) is 21.3 Å². The molecule has 34 heavy (non-hydrogen) atoms. The summed E-state index contributed by atoms with van der Waals surface area (Å²) in [5, 5.41) is 0.514. The minimum absolute atomic E-state index is 0.0999. The molecule has 0 saturated carbocycles. The van der Waals surface area contributed by atoms with Gasteiger partial charge in [-0.1, -0.05) is 17.7 Å². The van der Waals surface area contributed by atoms with E-state index in [2.05, 4.69) is 9.97 Å². The summed E-state index contributed by atoms with van der Waals surface area (Å²) < 4.78 is 20.3. The lowest BCUT2D eigenvalue weighted by Gasteiger charge is -2.42. The molecule has 0 spiro atoms. The van der Waals surface area contributed by atoms with Crippen LogP contribution < -0.4 is 0 Å². The van der Waals surface area contributed by atoms with Gasteiger partial charge in [0.15, 0.2) is 12.3 Å². The van der Waals surface area contributed by atoms with Crippen molar-refractivity contribution in [2.75, 3.05) is 0 Å². The van der Waals surface area contributed by atoms with E-state index in [1.54, 1.807) is 29.4 Å². The predicted octanol–water partition coefficient (Wildman–Crippen LogP) is 6.50. The number of halogens is 2. The summed E-state index contributed by atoms with van der Waals surface area (Å²) in [5.74, 6) is 0. The van der Waals surface area contributed by atoms with Gasteiger partial charge in [-0.2, -0.15) is 0 Å². The topological polar surface area (TPSA) is 73.1 Å². The number of likely N-dealkylation sites (tertiary alicyclic amines) is 1. The van der Waals surface area contributed by atoms with Crippen LogP contribution in [0, 0.1) is 0 Å². The number of pyridine rings is 2. The van der Waals surface area contributed by atoms with E-state index < -0.39 is 11.7 Å². The molecule has 3 aromatic heterocycles. The number of carbonyl (C=O) groups excluding carboxylic acids is 1. The van der Waals surface area contributed by atoms with Gasteiger partial charge in [-0.15, -0.1) is 3.89 Å². The van der Waals surface area contributed by atoms with Crippen molar-refractivity contribution in [2.45, 2.75) is 64.1 Å². The van der Waals surface area contributed by atoms with Gasteiger partial charge >= 0.3 is 6.09 Å². The molecule has 0 aromatic carbocycles. The van der Waals surface area contributed by atoms with Crippen molar-refractivity contribution < 1.29 is 13.4 Å². The van der Waals surface area contributed by atoms with Gasteiger partial charge in [0.25, 0.3) is 0 Å². The summed E-state index contributed by atoms with van der Waals surface area (Å²) in [6.45, 7) is 5.53. The molecular formula is C24H27ClFN5O2S. The lowest BCUT2D eigenvalue weighted by molar-refractivity contribution is -0.00795. The molecule has 2 atom stereocenters. The molecule has 1 amide bonds. The Bertz CT molecular complexity index is 1150. The van der Waals surface area contributed by atoms with Crippen LogP contribution in [0.2, 0.25) is 5.02 Å². The zero-order valence-corrected chi connectivity index (χ0v) is 20.9. The van der Waals surface area contributed by atoms with Crippen LogP contribution in [-0.4, -0.2) is 35.5 Å². The Labute approximate surface area is 208 Å². The maximum absolute atomic E-state index is 13.5. The third-order valence-electron chi connectivity index (χ3n) is 5.62. The van der Waals surface area contributed by atoms with Crippen LogP contribution in [-0.2, 0) is 11.2 Å². The zero-order chi connectivity index (χ0) is 24.3. The molecule has 0 N–H and O–H groups in total. The Kier molecular flexibility index (Phi) is 7.42. The second-order valence-corrected chi connectivity index (χ2v) is 10.2. The highest BCUT2D eigenvalue weighted by atomic mass is 35.5. The van der Waals surface area contributed by atoms with Crippen molar-refractivity contribution in [1.29, 1.82) is 0 Å². The van der Waals surface area contributed by atoms with Gasteiger partial charge in [0, 0.05) is 24.5 Å². The number of hydrogen-bond acceptors (Lipinski definition) is 6. The number of aromatic nitrogens is 4. The smallest absolute Gasteiger partial charge is 0.411 e. The summed E-state index contributed by atoms with van der Waals surface area (Å²) in [4.78, 5) is 28.6. The second kappa shape index (κ2) is 10.3. The molecule has 4 rings (SSSR count). The third kappa shape index (κ3) is 5.52. The van der Waals surface area contributed by atoms with Crippen LogP contribution in [0.15, 0.2) is 49.1 Å². The normalized spacial score (nSPS) is 18.7. The molecule has 1 aliphatic heterocycles. The molecule has 4 heterocycles. The fraction of sp³-hybridized carbons (Fsp3) is 0.417. The molecule has 1 saturated heterocycles. The number of hydrogen-bond donors (Lipinski definition) is 0. The van der Waals surface area contributed by atoms with Crippen LogP contribution in [0.1, 0.15) is 74.9 Å². The van der Waals surface area contributed by atoms with Gasteiger partial charge in [-0.3, -0.25) is 14.9 Å². The summed E-state index contributed by atoms with van der Waals surface area (Å²) in [7, 11) is 0. The minimum Gasteiger partial charge on any atom is -0.444 e. The molecule has 7 nitrogen and oxygen atoms in total. The molecule has 1 aliphatic rings. The Morgan fingerprint density at radius 1 is 1.24 bits per heavy atom. The number of rotatable bonds is 5. The highest BCUT2D eigenvalue weighted by Gasteiger charge is 2.40. The van der Waals surface area contributed by atoms with E-state index >= 15 is 0 Å². The van der Waals surface area contributed by atoms with Crippen molar-refractivity contribution in [3.05, 3.63) is 76.9 Å². The molecular weight excluding hydrogens is 477 g/mol. The van der Waals surface area contributed by atoms with Gasteiger partial charge in [0.2, 0.25) is 0 Å². The maximum Gasteiger partial charge on any atom is 0.411 e.